The number of para-hydroxylation sites is 1. The highest BCUT2D eigenvalue weighted by molar-refractivity contribution is 7.92. The van der Waals surface area contributed by atoms with Gasteiger partial charge in [-0.2, -0.15) is 0 Å². The standard InChI is InChI=1S/C29H34ClN3O4S/c1-4-26(29(35)31-5-2)32(20-19-23-12-7-6-8-13-23)28(34)21-33(27-14-10-9-11-22(27)3)38(36,37)25-17-15-24(30)16-18-25/h6-18,26H,4-5,19-21H2,1-3H3,(H,31,35). The van der Waals surface area contributed by atoms with Crippen LogP contribution < -0.4 is 9.62 Å². The molecule has 2 amide bonds. The highest BCUT2D eigenvalue weighted by Crippen LogP contribution is 2.28. The number of carbonyl (C=O) groups excluding carboxylic acids is 2. The van der Waals surface area contributed by atoms with Crippen LogP contribution in [0.5, 0.6) is 0 Å². The Morgan fingerprint density at radius 1 is 0.921 bits per heavy atom. The first-order valence-electron chi connectivity index (χ1n) is 12.6. The smallest absolute Gasteiger partial charge is 0.264 e. The van der Waals surface area contributed by atoms with Gasteiger partial charge in [0.05, 0.1) is 10.6 Å². The Balaban J connectivity index is 2.01. The van der Waals surface area contributed by atoms with Gasteiger partial charge in [-0.3, -0.25) is 13.9 Å². The zero-order chi connectivity index (χ0) is 27.7. The van der Waals surface area contributed by atoms with Gasteiger partial charge in [0.1, 0.15) is 12.6 Å². The third-order valence-electron chi connectivity index (χ3n) is 6.29. The van der Waals surface area contributed by atoms with Crippen LogP contribution in [0, 0.1) is 6.92 Å². The molecule has 38 heavy (non-hydrogen) atoms. The molecule has 3 rings (SSSR count). The van der Waals surface area contributed by atoms with E-state index in [1.165, 1.54) is 29.2 Å². The summed E-state index contributed by atoms with van der Waals surface area (Å²) < 4.78 is 28.8. The lowest BCUT2D eigenvalue weighted by Crippen LogP contribution is -2.53. The van der Waals surface area contributed by atoms with Gasteiger partial charge in [0, 0.05) is 18.1 Å². The van der Waals surface area contributed by atoms with Crippen LogP contribution in [0.4, 0.5) is 5.69 Å². The number of nitrogens with one attached hydrogen (secondary N) is 1. The summed E-state index contributed by atoms with van der Waals surface area (Å²) in [5.41, 5.74) is 2.11. The maximum Gasteiger partial charge on any atom is 0.264 e. The molecule has 1 atom stereocenters. The lowest BCUT2D eigenvalue weighted by molar-refractivity contribution is -0.139. The number of likely N-dealkylation sites (N-methyl/N-ethyl adjacent to an activating group) is 1. The van der Waals surface area contributed by atoms with E-state index in [4.69, 9.17) is 11.6 Å². The fourth-order valence-corrected chi connectivity index (χ4v) is 5.88. The van der Waals surface area contributed by atoms with Crippen molar-refractivity contribution in [2.75, 3.05) is 23.9 Å². The van der Waals surface area contributed by atoms with E-state index in [1.54, 1.807) is 25.1 Å². The number of hydrogen-bond acceptors (Lipinski definition) is 4. The van der Waals surface area contributed by atoms with Crippen LogP contribution in [0.15, 0.2) is 83.8 Å². The number of nitrogens with zero attached hydrogens (tertiary/aromatic N) is 2. The second kappa shape index (κ2) is 13.4. The first kappa shape index (κ1) is 29.2. The molecule has 3 aromatic carbocycles. The lowest BCUT2D eigenvalue weighted by Gasteiger charge is -2.33. The fraction of sp³-hybridized carbons (Fsp3) is 0.310. The van der Waals surface area contributed by atoms with Gasteiger partial charge in [-0.15, -0.1) is 0 Å². The lowest BCUT2D eigenvalue weighted by atomic mass is 10.1. The molecule has 0 aliphatic carbocycles. The second-order valence-electron chi connectivity index (χ2n) is 8.89. The van der Waals surface area contributed by atoms with E-state index in [2.05, 4.69) is 5.32 Å². The van der Waals surface area contributed by atoms with Crippen LogP contribution in [0.3, 0.4) is 0 Å². The van der Waals surface area contributed by atoms with Gasteiger partial charge in [-0.05, 0) is 68.1 Å². The molecule has 0 bridgehead atoms. The number of anilines is 1. The average molecular weight is 556 g/mol. The van der Waals surface area contributed by atoms with Crippen molar-refractivity contribution in [3.8, 4) is 0 Å². The van der Waals surface area contributed by atoms with Gasteiger partial charge in [-0.25, -0.2) is 8.42 Å². The van der Waals surface area contributed by atoms with Crippen molar-refractivity contribution in [1.29, 1.82) is 0 Å². The molecular weight excluding hydrogens is 522 g/mol. The van der Waals surface area contributed by atoms with Crippen molar-refractivity contribution in [3.05, 3.63) is 95.0 Å². The third-order valence-corrected chi connectivity index (χ3v) is 8.31. The van der Waals surface area contributed by atoms with Crippen molar-refractivity contribution in [2.24, 2.45) is 0 Å². The summed E-state index contributed by atoms with van der Waals surface area (Å²) in [5, 5.41) is 3.21. The summed E-state index contributed by atoms with van der Waals surface area (Å²) in [6.07, 6.45) is 0.914. The molecule has 3 aromatic rings. The van der Waals surface area contributed by atoms with E-state index in [0.717, 1.165) is 9.87 Å². The number of benzene rings is 3. The molecule has 0 heterocycles. The Bertz CT molecular complexity index is 1330. The topological polar surface area (TPSA) is 86.8 Å². The number of rotatable bonds is 12. The number of amides is 2. The molecule has 0 radical (unpaired) electrons. The molecule has 0 saturated heterocycles. The zero-order valence-corrected chi connectivity index (χ0v) is 23.5. The molecule has 0 aromatic heterocycles. The van der Waals surface area contributed by atoms with Crippen molar-refractivity contribution < 1.29 is 18.0 Å². The number of hydrogen-bond donors (Lipinski definition) is 1. The van der Waals surface area contributed by atoms with Gasteiger partial charge >= 0.3 is 0 Å². The van der Waals surface area contributed by atoms with Crippen LogP contribution >= 0.6 is 11.6 Å². The van der Waals surface area contributed by atoms with E-state index in [9.17, 15) is 18.0 Å². The van der Waals surface area contributed by atoms with E-state index < -0.39 is 28.5 Å². The zero-order valence-electron chi connectivity index (χ0n) is 21.9. The number of sulfonamides is 1. The van der Waals surface area contributed by atoms with Crippen molar-refractivity contribution in [1.82, 2.24) is 10.2 Å². The minimum absolute atomic E-state index is 0.0181. The Hall–Kier alpha value is -3.36. The summed E-state index contributed by atoms with van der Waals surface area (Å²) in [7, 11) is -4.13. The molecule has 0 aliphatic heterocycles. The monoisotopic (exact) mass is 555 g/mol. The summed E-state index contributed by atoms with van der Waals surface area (Å²) in [5.74, 6) is -0.723. The van der Waals surface area contributed by atoms with Crippen LogP contribution in [0.2, 0.25) is 5.02 Å². The first-order valence-corrected chi connectivity index (χ1v) is 14.5. The molecule has 0 aliphatic rings. The van der Waals surface area contributed by atoms with Gasteiger partial charge in [0.2, 0.25) is 11.8 Å². The third kappa shape index (κ3) is 7.14. The normalized spacial score (nSPS) is 12.0. The van der Waals surface area contributed by atoms with Gasteiger partial charge in [0.25, 0.3) is 10.0 Å². The SMILES string of the molecule is CCNC(=O)C(CC)N(CCc1ccccc1)C(=O)CN(c1ccccc1C)S(=O)(=O)c1ccc(Cl)cc1. The highest BCUT2D eigenvalue weighted by atomic mass is 35.5. The fourth-order valence-electron chi connectivity index (χ4n) is 4.28. The van der Waals surface area contributed by atoms with Gasteiger partial charge in [-0.1, -0.05) is 67.1 Å². The molecule has 1 N–H and O–H groups in total. The Morgan fingerprint density at radius 3 is 2.16 bits per heavy atom. The summed E-state index contributed by atoms with van der Waals surface area (Å²) in [6.45, 7) is 5.68. The van der Waals surface area contributed by atoms with Crippen LogP contribution in [0.1, 0.15) is 31.4 Å². The van der Waals surface area contributed by atoms with Crippen molar-refractivity contribution >= 4 is 39.1 Å². The largest absolute Gasteiger partial charge is 0.355 e. The summed E-state index contributed by atoms with van der Waals surface area (Å²) in [4.78, 5) is 28.4. The van der Waals surface area contributed by atoms with Crippen LogP contribution in [-0.4, -0.2) is 50.8 Å². The van der Waals surface area contributed by atoms with E-state index in [0.29, 0.717) is 35.7 Å². The van der Waals surface area contributed by atoms with E-state index in [-0.39, 0.29) is 17.3 Å². The molecule has 0 fully saturated rings. The molecule has 0 saturated carbocycles. The number of aryl methyl sites for hydroxylation is 1. The van der Waals surface area contributed by atoms with Crippen LogP contribution in [-0.2, 0) is 26.0 Å². The Kier molecular flexibility index (Phi) is 10.3. The second-order valence-corrected chi connectivity index (χ2v) is 11.2. The quantitative estimate of drug-likeness (QED) is 0.347. The average Bonchev–Trinajstić information content (AvgIpc) is 2.91. The minimum atomic E-state index is -4.13. The van der Waals surface area contributed by atoms with Gasteiger partial charge in [0.15, 0.2) is 0 Å². The van der Waals surface area contributed by atoms with Gasteiger partial charge < -0.3 is 10.2 Å². The summed E-state index contributed by atoms with van der Waals surface area (Å²) >= 11 is 5.99. The molecule has 7 nitrogen and oxygen atoms in total. The summed E-state index contributed by atoms with van der Waals surface area (Å²) in [6, 6.07) is 21.8. The maximum absolute atomic E-state index is 13.9. The molecular formula is C29H34ClN3O4S. The number of halogens is 1. The molecule has 1 unspecified atom stereocenters. The number of carbonyl (C=O) groups is 2. The minimum Gasteiger partial charge on any atom is -0.355 e. The molecule has 0 spiro atoms. The molecule has 202 valence electrons. The highest BCUT2D eigenvalue weighted by Gasteiger charge is 2.33. The van der Waals surface area contributed by atoms with Crippen molar-refractivity contribution in [2.45, 2.75) is 44.6 Å². The Morgan fingerprint density at radius 2 is 1.55 bits per heavy atom. The Labute approximate surface area is 230 Å². The van der Waals surface area contributed by atoms with Crippen molar-refractivity contribution in [3.63, 3.8) is 0 Å². The molecule has 9 heteroatoms. The first-order chi connectivity index (χ1) is 18.2. The maximum atomic E-state index is 13.9. The van der Waals surface area contributed by atoms with E-state index >= 15 is 0 Å². The van der Waals surface area contributed by atoms with E-state index in [1.807, 2.05) is 50.2 Å². The van der Waals surface area contributed by atoms with Crippen LogP contribution in [0.25, 0.3) is 0 Å². The predicted octanol–water partition coefficient (Wildman–Crippen LogP) is 4.83. The predicted molar refractivity (Wildman–Crippen MR) is 152 cm³/mol.